The number of unbranched alkanes of at least 4 members (excludes halogenated alkanes) is 18. The summed E-state index contributed by atoms with van der Waals surface area (Å²) in [5.74, 6) is -0.338. The van der Waals surface area contributed by atoms with E-state index in [2.05, 4.69) is 86.8 Å². The van der Waals surface area contributed by atoms with Crippen LogP contribution in [0.15, 0.2) is 72.9 Å². The molecule has 61 heavy (non-hydrogen) atoms. The Labute approximate surface area is 372 Å². The normalized spacial score (nSPS) is 20.5. The van der Waals surface area contributed by atoms with Crippen molar-refractivity contribution >= 4 is 5.97 Å². The van der Waals surface area contributed by atoms with Crippen molar-refractivity contribution < 1.29 is 44.2 Å². The zero-order chi connectivity index (χ0) is 44.3. The van der Waals surface area contributed by atoms with Gasteiger partial charge < -0.3 is 39.4 Å². The van der Waals surface area contributed by atoms with Crippen LogP contribution in [0.2, 0.25) is 0 Å². The van der Waals surface area contributed by atoms with Crippen LogP contribution in [0.1, 0.15) is 187 Å². The van der Waals surface area contributed by atoms with Crippen LogP contribution in [0.3, 0.4) is 0 Å². The number of ether oxygens (including phenoxy) is 4. The lowest BCUT2D eigenvalue weighted by atomic mass is 9.99. The smallest absolute Gasteiger partial charge is 0.306 e. The number of allylic oxidation sites excluding steroid dienone is 12. The molecule has 1 saturated heterocycles. The summed E-state index contributed by atoms with van der Waals surface area (Å²) in [7, 11) is 0. The van der Waals surface area contributed by atoms with Gasteiger partial charge in [0.15, 0.2) is 6.29 Å². The molecule has 9 heteroatoms. The van der Waals surface area contributed by atoms with Crippen molar-refractivity contribution in [1.82, 2.24) is 0 Å². The minimum atomic E-state index is -1.54. The molecule has 1 rings (SSSR count). The second kappa shape index (κ2) is 42.9. The van der Waals surface area contributed by atoms with Gasteiger partial charge in [-0.2, -0.15) is 0 Å². The molecule has 1 aliphatic rings. The highest BCUT2D eigenvalue weighted by atomic mass is 16.7. The molecule has 352 valence electrons. The summed E-state index contributed by atoms with van der Waals surface area (Å²) in [6.45, 7) is 4.42. The number of hydrogen-bond donors (Lipinski definition) is 4. The largest absolute Gasteiger partial charge is 0.457 e. The van der Waals surface area contributed by atoms with Crippen LogP contribution in [0.5, 0.6) is 0 Å². The highest BCUT2D eigenvalue weighted by Gasteiger charge is 2.44. The maximum atomic E-state index is 12.8. The second-order valence-electron chi connectivity index (χ2n) is 16.5. The molecular weight excluding hydrogens is 769 g/mol. The average molecular weight is 859 g/mol. The molecule has 0 spiro atoms. The number of aliphatic hydroxyl groups excluding tert-OH is 4. The van der Waals surface area contributed by atoms with E-state index in [1.807, 2.05) is 0 Å². The third-order valence-corrected chi connectivity index (χ3v) is 10.9. The number of carbonyl (C=O) groups excluding carboxylic acids is 1. The quantitative estimate of drug-likeness (QED) is 0.0269. The second-order valence-corrected chi connectivity index (χ2v) is 16.5. The van der Waals surface area contributed by atoms with E-state index in [1.54, 1.807) is 0 Å². The maximum Gasteiger partial charge on any atom is 0.306 e. The standard InChI is InChI=1S/C52H90O9/c1-3-5-7-9-11-13-15-17-19-20-21-22-23-24-25-26-27-29-31-33-35-37-39-41-48(54)60-46(45-59-52-51(57)50(56)49(55)47(43-53)61-52)44-58-42-40-38-36-34-32-30-28-18-16-14-12-10-8-6-4-2/h5,7,11,13,17,19,21-22,24-25,27,29,46-47,49-53,55-57H,3-4,6,8-10,12,14-16,18,20,23,26,28,30-45H2,1-2H3/b7-5-,13-11-,19-17-,22-21-,25-24-,29-27-. The van der Waals surface area contributed by atoms with Crippen LogP contribution in [0, 0.1) is 0 Å². The Bertz CT molecular complexity index is 1160. The van der Waals surface area contributed by atoms with Crippen molar-refractivity contribution in [3.63, 3.8) is 0 Å². The number of esters is 1. The van der Waals surface area contributed by atoms with E-state index in [9.17, 15) is 25.2 Å². The molecule has 0 amide bonds. The van der Waals surface area contributed by atoms with Crippen molar-refractivity contribution in [3.05, 3.63) is 72.9 Å². The van der Waals surface area contributed by atoms with E-state index < -0.39 is 43.4 Å². The van der Waals surface area contributed by atoms with Gasteiger partial charge in [-0.15, -0.1) is 0 Å². The molecule has 0 aliphatic carbocycles. The molecule has 0 aromatic heterocycles. The summed E-state index contributed by atoms with van der Waals surface area (Å²) < 4.78 is 22.8. The molecule has 0 aromatic carbocycles. The lowest BCUT2D eigenvalue weighted by Crippen LogP contribution is -2.59. The van der Waals surface area contributed by atoms with Crippen LogP contribution in [0.25, 0.3) is 0 Å². The van der Waals surface area contributed by atoms with Gasteiger partial charge in [0.2, 0.25) is 0 Å². The monoisotopic (exact) mass is 859 g/mol. The molecule has 1 fully saturated rings. The van der Waals surface area contributed by atoms with Gasteiger partial charge in [0.1, 0.15) is 30.5 Å². The maximum absolute atomic E-state index is 12.8. The van der Waals surface area contributed by atoms with Gasteiger partial charge in [-0.25, -0.2) is 0 Å². The van der Waals surface area contributed by atoms with Crippen LogP contribution in [0.4, 0.5) is 0 Å². The molecule has 6 atom stereocenters. The van der Waals surface area contributed by atoms with E-state index in [0.717, 1.165) is 83.5 Å². The molecule has 1 aliphatic heterocycles. The summed E-state index contributed by atoms with van der Waals surface area (Å²) in [4.78, 5) is 12.8. The van der Waals surface area contributed by atoms with Gasteiger partial charge in [-0.3, -0.25) is 4.79 Å². The van der Waals surface area contributed by atoms with E-state index in [4.69, 9.17) is 18.9 Å². The Hall–Kier alpha value is -2.37. The van der Waals surface area contributed by atoms with Crippen molar-refractivity contribution in [2.75, 3.05) is 26.4 Å². The van der Waals surface area contributed by atoms with Gasteiger partial charge >= 0.3 is 5.97 Å². The van der Waals surface area contributed by atoms with Gasteiger partial charge in [0.05, 0.1) is 19.8 Å². The highest BCUT2D eigenvalue weighted by molar-refractivity contribution is 5.69. The minimum Gasteiger partial charge on any atom is -0.457 e. The first kappa shape index (κ1) is 56.6. The molecule has 4 N–H and O–H groups in total. The van der Waals surface area contributed by atoms with Crippen molar-refractivity contribution in [1.29, 1.82) is 0 Å². The number of aliphatic hydroxyl groups is 4. The Balaban J connectivity index is 2.26. The SMILES string of the molecule is CC/C=C\C/C=C\C/C=C\C/C=C\C/C=C\C/C=C\CCCCCCC(=O)OC(COCCCCCCCCCCCCCCCCC)COC1OC(CO)C(O)C(O)C1O. The molecule has 0 aromatic rings. The Kier molecular flexibility index (Phi) is 39.8. The predicted molar refractivity (Wildman–Crippen MR) is 251 cm³/mol. The first-order valence-corrected chi connectivity index (χ1v) is 24.5. The van der Waals surface area contributed by atoms with E-state index in [0.29, 0.717) is 6.61 Å². The molecule has 9 nitrogen and oxygen atoms in total. The van der Waals surface area contributed by atoms with E-state index in [1.165, 1.54) is 83.5 Å². The third-order valence-electron chi connectivity index (χ3n) is 10.9. The number of hydrogen-bond acceptors (Lipinski definition) is 9. The minimum absolute atomic E-state index is 0.126. The molecule has 0 radical (unpaired) electrons. The summed E-state index contributed by atoms with van der Waals surface area (Å²) in [5.41, 5.74) is 0. The Morgan fingerprint density at radius 3 is 1.51 bits per heavy atom. The summed E-state index contributed by atoms with van der Waals surface area (Å²) in [5, 5.41) is 40.2. The first-order valence-electron chi connectivity index (χ1n) is 24.5. The van der Waals surface area contributed by atoms with Crippen LogP contribution in [-0.2, 0) is 23.7 Å². The van der Waals surface area contributed by atoms with Crippen LogP contribution < -0.4 is 0 Å². The Morgan fingerprint density at radius 2 is 1.00 bits per heavy atom. The van der Waals surface area contributed by atoms with Crippen LogP contribution >= 0.6 is 0 Å². The van der Waals surface area contributed by atoms with Gasteiger partial charge in [-0.1, -0.05) is 189 Å². The van der Waals surface area contributed by atoms with E-state index in [-0.39, 0.29) is 25.6 Å². The number of rotatable bonds is 41. The fraction of sp³-hybridized carbons (Fsp3) is 0.750. The van der Waals surface area contributed by atoms with Crippen molar-refractivity contribution in [2.45, 2.75) is 224 Å². The molecular formula is C52H90O9. The van der Waals surface area contributed by atoms with Gasteiger partial charge in [0.25, 0.3) is 0 Å². The lowest BCUT2D eigenvalue weighted by molar-refractivity contribution is -0.305. The number of carbonyl (C=O) groups is 1. The highest BCUT2D eigenvalue weighted by Crippen LogP contribution is 2.22. The third kappa shape index (κ3) is 33.8. The van der Waals surface area contributed by atoms with Crippen molar-refractivity contribution in [2.24, 2.45) is 0 Å². The fourth-order valence-electron chi connectivity index (χ4n) is 7.08. The molecule has 6 unspecified atom stereocenters. The molecule has 1 heterocycles. The predicted octanol–water partition coefficient (Wildman–Crippen LogP) is 11.6. The fourth-order valence-corrected chi connectivity index (χ4v) is 7.08. The van der Waals surface area contributed by atoms with Gasteiger partial charge in [0, 0.05) is 13.0 Å². The zero-order valence-electron chi connectivity index (χ0n) is 38.6. The summed E-state index contributed by atoms with van der Waals surface area (Å²) in [6, 6.07) is 0. The van der Waals surface area contributed by atoms with Crippen LogP contribution in [-0.4, -0.2) is 89.6 Å². The van der Waals surface area contributed by atoms with E-state index >= 15 is 0 Å². The topological polar surface area (TPSA) is 135 Å². The van der Waals surface area contributed by atoms with Gasteiger partial charge in [-0.05, 0) is 64.2 Å². The first-order chi connectivity index (χ1) is 29.9. The molecule has 0 bridgehead atoms. The van der Waals surface area contributed by atoms with Crippen molar-refractivity contribution in [3.8, 4) is 0 Å². The lowest BCUT2D eigenvalue weighted by Gasteiger charge is -2.39. The Morgan fingerprint density at radius 1 is 0.541 bits per heavy atom. The average Bonchev–Trinajstić information content (AvgIpc) is 3.26. The summed E-state index contributed by atoms with van der Waals surface area (Å²) >= 11 is 0. The molecule has 0 saturated carbocycles. The zero-order valence-corrected chi connectivity index (χ0v) is 38.6. The summed E-state index contributed by atoms with van der Waals surface area (Å²) in [6.07, 6.45) is 49.2.